The quantitative estimate of drug-likeness (QED) is 0.904. The van der Waals surface area contributed by atoms with Crippen LogP contribution in [0.25, 0.3) is 0 Å². The molecule has 0 bridgehead atoms. The van der Waals surface area contributed by atoms with Gasteiger partial charge in [-0.15, -0.1) is 0 Å². The smallest absolute Gasteiger partial charge is 0.227 e. The Labute approximate surface area is 124 Å². The summed E-state index contributed by atoms with van der Waals surface area (Å²) in [5.41, 5.74) is 0.255. The topological polar surface area (TPSA) is 32.3 Å². The molecule has 0 spiro atoms. The van der Waals surface area contributed by atoms with Gasteiger partial charge in [0.05, 0.1) is 6.42 Å². The standard InChI is InChI=1S/C16H22F2N2O/c1-2-20(11-12-5-7-19-8-6-12)16(21)9-13-3-4-14(17)10-15(13)18/h3-4,10,12,19H,2,5-9,11H2,1H3. The minimum Gasteiger partial charge on any atom is -0.342 e. The zero-order valence-corrected chi connectivity index (χ0v) is 12.4. The number of hydrogen-bond acceptors (Lipinski definition) is 2. The van der Waals surface area contributed by atoms with Crippen LogP contribution in [0.5, 0.6) is 0 Å². The van der Waals surface area contributed by atoms with E-state index in [9.17, 15) is 13.6 Å². The highest BCUT2D eigenvalue weighted by Crippen LogP contribution is 2.16. The summed E-state index contributed by atoms with van der Waals surface area (Å²) < 4.78 is 26.5. The van der Waals surface area contributed by atoms with Crippen molar-refractivity contribution in [3.05, 3.63) is 35.4 Å². The van der Waals surface area contributed by atoms with E-state index in [1.54, 1.807) is 4.90 Å². The monoisotopic (exact) mass is 296 g/mol. The lowest BCUT2D eigenvalue weighted by Crippen LogP contribution is -2.40. The normalized spacial score (nSPS) is 16.0. The summed E-state index contributed by atoms with van der Waals surface area (Å²) in [6.45, 7) is 5.25. The van der Waals surface area contributed by atoms with Gasteiger partial charge in [0.1, 0.15) is 11.6 Å². The molecule has 5 heteroatoms. The number of piperidine rings is 1. The molecule has 0 aromatic heterocycles. The first-order valence-electron chi connectivity index (χ1n) is 7.52. The zero-order chi connectivity index (χ0) is 15.2. The molecule has 1 aromatic rings. The fourth-order valence-corrected chi connectivity index (χ4v) is 2.72. The number of benzene rings is 1. The van der Waals surface area contributed by atoms with Gasteiger partial charge in [-0.05, 0) is 50.4 Å². The van der Waals surface area contributed by atoms with Crippen LogP contribution >= 0.6 is 0 Å². The van der Waals surface area contributed by atoms with Crippen LogP contribution in [0.4, 0.5) is 8.78 Å². The van der Waals surface area contributed by atoms with E-state index in [0.717, 1.165) is 38.5 Å². The lowest BCUT2D eigenvalue weighted by atomic mass is 9.97. The Morgan fingerprint density at radius 2 is 2.05 bits per heavy atom. The molecule has 0 atom stereocenters. The largest absolute Gasteiger partial charge is 0.342 e. The Morgan fingerprint density at radius 3 is 2.67 bits per heavy atom. The minimum absolute atomic E-state index is 0.00900. The summed E-state index contributed by atoms with van der Waals surface area (Å²) in [5, 5.41) is 3.30. The molecule has 1 aliphatic heterocycles. The highest BCUT2D eigenvalue weighted by molar-refractivity contribution is 5.78. The third kappa shape index (κ3) is 4.49. The predicted molar refractivity (Wildman–Crippen MR) is 77.9 cm³/mol. The Kier molecular flexibility index (Phi) is 5.67. The molecule has 116 valence electrons. The summed E-state index contributed by atoms with van der Waals surface area (Å²) in [7, 11) is 0. The molecular formula is C16H22F2N2O. The van der Waals surface area contributed by atoms with Gasteiger partial charge in [0.15, 0.2) is 0 Å². The predicted octanol–water partition coefficient (Wildman–Crippen LogP) is 2.36. The van der Waals surface area contributed by atoms with Crippen LogP contribution in [0, 0.1) is 17.6 Å². The Bertz CT molecular complexity index is 487. The van der Waals surface area contributed by atoms with E-state index in [4.69, 9.17) is 0 Å². The molecule has 0 unspecified atom stereocenters. The van der Waals surface area contributed by atoms with Crippen molar-refractivity contribution in [3.8, 4) is 0 Å². The number of carbonyl (C=O) groups is 1. The van der Waals surface area contributed by atoms with Crippen molar-refractivity contribution in [1.29, 1.82) is 0 Å². The number of hydrogen-bond donors (Lipinski definition) is 1. The van der Waals surface area contributed by atoms with Crippen molar-refractivity contribution < 1.29 is 13.6 Å². The molecule has 1 aromatic carbocycles. The summed E-state index contributed by atoms with van der Waals surface area (Å²) >= 11 is 0. The van der Waals surface area contributed by atoms with E-state index < -0.39 is 11.6 Å². The number of carbonyl (C=O) groups excluding carboxylic acids is 1. The van der Waals surface area contributed by atoms with Crippen molar-refractivity contribution in [1.82, 2.24) is 10.2 Å². The van der Waals surface area contributed by atoms with Gasteiger partial charge in [0.2, 0.25) is 5.91 Å². The Hall–Kier alpha value is -1.49. The molecule has 0 aliphatic carbocycles. The maximum absolute atomic E-state index is 13.6. The first-order valence-corrected chi connectivity index (χ1v) is 7.52. The first kappa shape index (κ1) is 15.9. The van der Waals surface area contributed by atoms with Crippen LogP contribution in [0.1, 0.15) is 25.3 Å². The lowest BCUT2D eigenvalue weighted by Gasteiger charge is -2.29. The van der Waals surface area contributed by atoms with E-state index in [0.29, 0.717) is 12.5 Å². The van der Waals surface area contributed by atoms with Gasteiger partial charge in [-0.1, -0.05) is 6.07 Å². The van der Waals surface area contributed by atoms with Crippen molar-refractivity contribution in [3.63, 3.8) is 0 Å². The first-order chi connectivity index (χ1) is 10.1. The van der Waals surface area contributed by atoms with E-state index in [1.165, 1.54) is 12.1 Å². The van der Waals surface area contributed by atoms with Crippen LogP contribution in [-0.4, -0.2) is 37.0 Å². The summed E-state index contributed by atoms with van der Waals surface area (Å²) in [6.07, 6.45) is 2.12. The molecule has 1 fully saturated rings. The number of halogens is 2. The fraction of sp³-hybridized carbons (Fsp3) is 0.562. The summed E-state index contributed by atoms with van der Waals surface area (Å²) in [4.78, 5) is 14.1. The average Bonchev–Trinajstić information content (AvgIpc) is 2.48. The SMILES string of the molecule is CCN(CC1CCNCC1)C(=O)Cc1ccc(F)cc1F. The van der Waals surface area contributed by atoms with Gasteiger partial charge in [-0.25, -0.2) is 8.78 Å². The molecule has 1 heterocycles. The van der Waals surface area contributed by atoms with E-state index >= 15 is 0 Å². The lowest BCUT2D eigenvalue weighted by molar-refractivity contribution is -0.131. The van der Waals surface area contributed by atoms with Crippen molar-refractivity contribution in [2.45, 2.75) is 26.2 Å². The fourth-order valence-electron chi connectivity index (χ4n) is 2.72. The van der Waals surface area contributed by atoms with E-state index in [1.807, 2.05) is 6.92 Å². The number of likely N-dealkylation sites (N-methyl/N-ethyl adjacent to an activating group) is 1. The minimum atomic E-state index is -0.652. The molecule has 1 aliphatic rings. The number of amides is 1. The second-order valence-corrected chi connectivity index (χ2v) is 5.54. The van der Waals surface area contributed by atoms with Crippen molar-refractivity contribution >= 4 is 5.91 Å². The highest BCUT2D eigenvalue weighted by atomic mass is 19.1. The second kappa shape index (κ2) is 7.50. The number of rotatable bonds is 5. The number of nitrogens with zero attached hydrogens (tertiary/aromatic N) is 1. The van der Waals surface area contributed by atoms with Gasteiger partial charge >= 0.3 is 0 Å². The summed E-state index contributed by atoms with van der Waals surface area (Å²) in [6, 6.07) is 3.36. The molecule has 21 heavy (non-hydrogen) atoms. The van der Waals surface area contributed by atoms with E-state index in [2.05, 4.69) is 5.32 Å². The van der Waals surface area contributed by atoms with Crippen LogP contribution in [-0.2, 0) is 11.2 Å². The molecule has 2 rings (SSSR count). The van der Waals surface area contributed by atoms with Crippen LogP contribution < -0.4 is 5.32 Å². The molecule has 1 amide bonds. The molecule has 0 radical (unpaired) electrons. The Balaban J connectivity index is 1.95. The third-order valence-electron chi connectivity index (χ3n) is 4.03. The third-order valence-corrected chi connectivity index (χ3v) is 4.03. The van der Waals surface area contributed by atoms with Crippen LogP contribution in [0.2, 0.25) is 0 Å². The van der Waals surface area contributed by atoms with Gasteiger partial charge < -0.3 is 10.2 Å². The Morgan fingerprint density at radius 1 is 1.33 bits per heavy atom. The van der Waals surface area contributed by atoms with Crippen LogP contribution in [0.3, 0.4) is 0 Å². The van der Waals surface area contributed by atoms with E-state index in [-0.39, 0.29) is 17.9 Å². The molecule has 1 N–H and O–H groups in total. The molecule has 1 saturated heterocycles. The van der Waals surface area contributed by atoms with Gasteiger partial charge in [0.25, 0.3) is 0 Å². The van der Waals surface area contributed by atoms with Crippen molar-refractivity contribution in [2.24, 2.45) is 5.92 Å². The molecule has 0 saturated carbocycles. The maximum Gasteiger partial charge on any atom is 0.227 e. The molecular weight excluding hydrogens is 274 g/mol. The summed E-state index contributed by atoms with van der Waals surface area (Å²) in [5.74, 6) is -0.859. The average molecular weight is 296 g/mol. The van der Waals surface area contributed by atoms with Gasteiger partial charge in [-0.2, -0.15) is 0 Å². The maximum atomic E-state index is 13.6. The van der Waals surface area contributed by atoms with Gasteiger partial charge in [-0.3, -0.25) is 4.79 Å². The van der Waals surface area contributed by atoms with Crippen molar-refractivity contribution in [2.75, 3.05) is 26.2 Å². The van der Waals surface area contributed by atoms with Crippen LogP contribution in [0.15, 0.2) is 18.2 Å². The highest BCUT2D eigenvalue weighted by Gasteiger charge is 2.20. The zero-order valence-electron chi connectivity index (χ0n) is 12.4. The second-order valence-electron chi connectivity index (χ2n) is 5.54. The molecule has 3 nitrogen and oxygen atoms in total. The van der Waals surface area contributed by atoms with Gasteiger partial charge in [0, 0.05) is 19.2 Å². The number of nitrogens with one attached hydrogen (secondary N) is 1.